The number of methoxy groups -OCH3 is 1. The lowest BCUT2D eigenvalue weighted by Gasteiger charge is -2.41. The highest BCUT2D eigenvalue weighted by atomic mass is 32.1. The van der Waals surface area contributed by atoms with E-state index in [1.165, 1.54) is 17.4 Å². The molecule has 1 atom stereocenters. The monoisotopic (exact) mass is 518 g/mol. The van der Waals surface area contributed by atoms with Gasteiger partial charge in [0.25, 0.3) is 0 Å². The van der Waals surface area contributed by atoms with E-state index in [1.54, 1.807) is 18.7 Å². The number of nitrogens with zero attached hydrogens (tertiary/aromatic N) is 4. The number of hydrogen-bond donors (Lipinski definition) is 0. The van der Waals surface area contributed by atoms with Crippen molar-refractivity contribution in [2.24, 2.45) is 12.5 Å². The molecule has 1 saturated heterocycles. The van der Waals surface area contributed by atoms with Crippen LogP contribution in [0.2, 0.25) is 0 Å². The Morgan fingerprint density at radius 1 is 1.28 bits per heavy atom. The molecule has 192 valence electrons. The van der Waals surface area contributed by atoms with Crippen molar-refractivity contribution in [2.45, 2.75) is 32.1 Å². The molecule has 0 bridgehead atoms. The summed E-state index contributed by atoms with van der Waals surface area (Å²) in [6, 6.07) is 7.36. The van der Waals surface area contributed by atoms with Crippen LogP contribution in [0.15, 0.2) is 47.5 Å². The van der Waals surface area contributed by atoms with Crippen LogP contribution in [-0.2, 0) is 37.5 Å². The first-order chi connectivity index (χ1) is 17.1. The zero-order valence-corrected chi connectivity index (χ0v) is 21.2. The Morgan fingerprint density at radius 3 is 2.83 bits per heavy atom. The molecule has 2 aliphatic rings. The van der Waals surface area contributed by atoms with Gasteiger partial charge in [-0.3, -0.25) is 14.7 Å². The van der Waals surface area contributed by atoms with E-state index in [0.717, 1.165) is 59.4 Å². The van der Waals surface area contributed by atoms with E-state index < -0.39 is 11.7 Å². The van der Waals surface area contributed by atoms with Crippen LogP contribution in [0, 0.1) is 5.41 Å². The van der Waals surface area contributed by atoms with E-state index in [2.05, 4.69) is 33.5 Å². The molecule has 1 fully saturated rings. The highest BCUT2D eigenvalue weighted by Crippen LogP contribution is 2.41. The third-order valence-corrected chi connectivity index (χ3v) is 8.49. The molecular formula is C26H29F3N4O2S. The van der Waals surface area contributed by atoms with E-state index >= 15 is 0 Å². The minimum Gasteiger partial charge on any atom is -0.384 e. The van der Waals surface area contributed by atoms with Gasteiger partial charge in [-0.25, -0.2) is 0 Å². The van der Waals surface area contributed by atoms with Gasteiger partial charge in [-0.2, -0.15) is 13.2 Å². The van der Waals surface area contributed by atoms with Gasteiger partial charge in [-0.05, 0) is 42.3 Å². The molecule has 3 aromatic rings. The third-order valence-electron chi connectivity index (χ3n) is 7.48. The topological polar surface area (TPSA) is 50.6 Å². The minimum absolute atomic E-state index is 0.0272. The van der Waals surface area contributed by atoms with Crippen molar-refractivity contribution < 1.29 is 17.9 Å². The number of fused-ring (bicyclic) bond motifs is 2. The molecule has 36 heavy (non-hydrogen) atoms. The van der Waals surface area contributed by atoms with Crippen LogP contribution in [-0.4, -0.2) is 52.7 Å². The van der Waals surface area contributed by atoms with Crippen LogP contribution in [0.1, 0.15) is 28.8 Å². The summed E-state index contributed by atoms with van der Waals surface area (Å²) in [6.45, 7) is 8.28. The maximum atomic E-state index is 13.2. The van der Waals surface area contributed by atoms with Gasteiger partial charge in [0.1, 0.15) is 0 Å². The van der Waals surface area contributed by atoms with Gasteiger partial charge in [-0.15, -0.1) is 0 Å². The first-order valence-electron chi connectivity index (χ1n) is 11.9. The molecule has 2 aromatic heterocycles. The van der Waals surface area contributed by atoms with Crippen molar-refractivity contribution >= 4 is 21.6 Å². The SMILES string of the molecule is C=C(N1CCc2ncc(C(F)(F)F)cc2C1)C1(COC)CCN(Cc2ccc3sc(=O)n(C)c3c2)C1. The van der Waals surface area contributed by atoms with Crippen LogP contribution in [0.5, 0.6) is 0 Å². The summed E-state index contributed by atoms with van der Waals surface area (Å²) in [5, 5.41) is 0. The number of ether oxygens (including phenoxy) is 1. The zero-order chi connectivity index (χ0) is 25.7. The van der Waals surface area contributed by atoms with Crippen LogP contribution in [0.25, 0.3) is 10.2 Å². The molecule has 1 unspecified atom stereocenters. The number of benzene rings is 1. The number of hydrogen-bond acceptors (Lipinski definition) is 6. The molecule has 0 aliphatic carbocycles. The van der Waals surface area contributed by atoms with Crippen LogP contribution in [0.4, 0.5) is 13.2 Å². The Hall–Kier alpha value is -2.69. The molecule has 0 N–H and O–H groups in total. The molecule has 0 amide bonds. The van der Waals surface area contributed by atoms with E-state index in [-0.39, 0.29) is 10.3 Å². The number of pyridine rings is 1. The lowest BCUT2D eigenvalue weighted by molar-refractivity contribution is -0.137. The maximum Gasteiger partial charge on any atom is 0.417 e. The summed E-state index contributed by atoms with van der Waals surface area (Å²) >= 11 is 1.25. The van der Waals surface area contributed by atoms with Gasteiger partial charge in [0, 0.05) is 69.8 Å². The number of halogens is 3. The van der Waals surface area contributed by atoms with Crippen molar-refractivity contribution in [3.8, 4) is 0 Å². The predicted octanol–water partition coefficient (Wildman–Crippen LogP) is 4.42. The molecule has 4 heterocycles. The molecule has 0 spiro atoms. The van der Waals surface area contributed by atoms with E-state index in [4.69, 9.17) is 4.74 Å². The second-order valence-corrected chi connectivity index (χ2v) is 10.8. The Bertz CT molecular complexity index is 1370. The van der Waals surface area contributed by atoms with Gasteiger partial charge in [-0.1, -0.05) is 24.0 Å². The number of rotatable bonds is 6. The first-order valence-corrected chi connectivity index (χ1v) is 12.7. The summed E-state index contributed by atoms with van der Waals surface area (Å²) in [4.78, 5) is 20.6. The lowest BCUT2D eigenvalue weighted by Crippen LogP contribution is -2.42. The van der Waals surface area contributed by atoms with E-state index in [9.17, 15) is 18.0 Å². The van der Waals surface area contributed by atoms with Crippen molar-refractivity contribution in [2.75, 3.05) is 33.4 Å². The minimum atomic E-state index is -4.41. The van der Waals surface area contributed by atoms with Gasteiger partial charge in [0.2, 0.25) is 0 Å². The molecule has 0 radical (unpaired) electrons. The summed E-state index contributed by atoms with van der Waals surface area (Å²) in [7, 11) is 3.46. The smallest absolute Gasteiger partial charge is 0.384 e. The summed E-state index contributed by atoms with van der Waals surface area (Å²) in [6.07, 6.45) is -2.06. The van der Waals surface area contributed by atoms with Crippen LogP contribution in [0.3, 0.4) is 0 Å². The fourth-order valence-corrected chi connectivity index (χ4v) is 6.34. The highest BCUT2D eigenvalue weighted by Gasteiger charge is 2.43. The largest absolute Gasteiger partial charge is 0.417 e. The number of aromatic nitrogens is 2. The fraction of sp³-hybridized carbons (Fsp3) is 0.462. The maximum absolute atomic E-state index is 13.2. The normalized spacial score (nSPS) is 20.8. The average molecular weight is 519 g/mol. The van der Waals surface area contributed by atoms with E-state index in [0.29, 0.717) is 31.7 Å². The molecule has 1 aromatic carbocycles. The Kier molecular flexibility index (Phi) is 6.46. The van der Waals surface area contributed by atoms with Crippen LogP contribution >= 0.6 is 11.3 Å². The zero-order valence-electron chi connectivity index (χ0n) is 20.4. The molecule has 6 nitrogen and oxygen atoms in total. The van der Waals surface area contributed by atoms with Crippen molar-refractivity contribution in [1.29, 1.82) is 0 Å². The van der Waals surface area contributed by atoms with Crippen molar-refractivity contribution in [3.05, 3.63) is 74.8 Å². The first kappa shape index (κ1) is 25.0. The fourth-order valence-electron chi connectivity index (χ4n) is 5.48. The lowest BCUT2D eigenvalue weighted by atomic mass is 9.83. The standard InChI is InChI=1S/C26H29F3N4O2S/c1-17(33-8-6-21-19(14-33)11-20(12-30-21)26(27,28)29)25(16-35-3)7-9-32(15-25)13-18-4-5-23-22(10-18)31(2)24(34)36-23/h4-5,10-12H,1,6-9,13-16H2,2-3H3. The molecule has 10 heteroatoms. The average Bonchev–Trinajstić information content (AvgIpc) is 3.38. The number of alkyl halides is 3. The summed E-state index contributed by atoms with van der Waals surface area (Å²) < 4.78 is 48.0. The van der Waals surface area contributed by atoms with Gasteiger partial charge in [0.15, 0.2) is 0 Å². The molecular weight excluding hydrogens is 489 g/mol. The van der Waals surface area contributed by atoms with Crippen molar-refractivity contribution in [3.63, 3.8) is 0 Å². The van der Waals surface area contributed by atoms with Gasteiger partial charge < -0.3 is 14.2 Å². The molecule has 2 aliphatic heterocycles. The van der Waals surface area contributed by atoms with Gasteiger partial charge in [0.05, 0.1) is 22.4 Å². The number of likely N-dealkylation sites (tertiary alicyclic amines) is 1. The molecule has 5 rings (SSSR count). The second-order valence-electron chi connectivity index (χ2n) is 9.85. The van der Waals surface area contributed by atoms with Gasteiger partial charge >= 0.3 is 11.0 Å². The number of aryl methyl sites for hydroxylation is 1. The second kappa shape index (κ2) is 9.32. The van der Waals surface area contributed by atoms with Crippen molar-refractivity contribution in [1.82, 2.24) is 19.4 Å². The quantitative estimate of drug-likeness (QED) is 0.484. The Balaban J connectivity index is 1.33. The molecule has 0 saturated carbocycles. The van der Waals surface area contributed by atoms with Crippen LogP contribution < -0.4 is 4.87 Å². The highest BCUT2D eigenvalue weighted by molar-refractivity contribution is 7.16. The Labute approximate surface area is 211 Å². The number of thiazole rings is 1. The predicted molar refractivity (Wildman–Crippen MR) is 134 cm³/mol. The summed E-state index contributed by atoms with van der Waals surface area (Å²) in [5.41, 5.74) is 3.27. The van der Waals surface area contributed by atoms with E-state index in [1.807, 2.05) is 6.07 Å². The third kappa shape index (κ3) is 4.57. The Morgan fingerprint density at radius 2 is 2.08 bits per heavy atom. The summed E-state index contributed by atoms with van der Waals surface area (Å²) in [5.74, 6) is 0.